The lowest BCUT2D eigenvalue weighted by molar-refractivity contribution is 0.102. The maximum Gasteiger partial charge on any atom is 0.255 e. The van der Waals surface area contributed by atoms with Gasteiger partial charge in [0.2, 0.25) is 5.89 Å². The lowest BCUT2D eigenvalue weighted by Gasteiger charge is -2.18. The van der Waals surface area contributed by atoms with Gasteiger partial charge in [0.15, 0.2) is 5.58 Å². The van der Waals surface area contributed by atoms with Gasteiger partial charge in [-0.2, -0.15) is 0 Å². The summed E-state index contributed by atoms with van der Waals surface area (Å²) in [6.07, 6.45) is 0. The largest absolute Gasteiger partial charge is 0.436 e. The molecule has 5 heteroatoms. The monoisotopic (exact) mass is 404 g/mol. The van der Waals surface area contributed by atoms with Crippen LogP contribution in [0.2, 0.25) is 5.02 Å². The molecule has 0 aliphatic rings. The van der Waals surface area contributed by atoms with Crippen molar-refractivity contribution in [2.45, 2.75) is 26.2 Å². The van der Waals surface area contributed by atoms with E-state index in [1.54, 1.807) is 36.4 Å². The summed E-state index contributed by atoms with van der Waals surface area (Å²) in [5.74, 6) is 0.351. The van der Waals surface area contributed by atoms with Gasteiger partial charge < -0.3 is 9.73 Å². The first kappa shape index (κ1) is 19.2. The fourth-order valence-electron chi connectivity index (χ4n) is 3.05. The summed E-state index contributed by atoms with van der Waals surface area (Å²) in [6, 6.07) is 20.4. The molecule has 0 aliphatic heterocycles. The number of nitrogens with zero attached hydrogens (tertiary/aromatic N) is 1. The summed E-state index contributed by atoms with van der Waals surface area (Å²) in [5, 5.41) is 3.47. The number of carbonyl (C=O) groups is 1. The Balaban J connectivity index is 1.57. The summed E-state index contributed by atoms with van der Waals surface area (Å²) < 4.78 is 5.90. The van der Waals surface area contributed by atoms with Gasteiger partial charge in [0.1, 0.15) is 5.52 Å². The number of anilines is 1. The molecule has 4 aromatic rings. The van der Waals surface area contributed by atoms with E-state index in [2.05, 4.69) is 43.2 Å². The van der Waals surface area contributed by atoms with E-state index in [0.29, 0.717) is 33.3 Å². The van der Waals surface area contributed by atoms with Crippen LogP contribution in [0.15, 0.2) is 71.1 Å². The molecule has 0 spiro atoms. The highest BCUT2D eigenvalue weighted by atomic mass is 35.5. The predicted molar refractivity (Wildman–Crippen MR) is 118 cm³/mol. The van der Waals surface area contributed by atoms with E-state index in [0.717, 1.165) is 5.56 Å². The van der Waals surface area contributed by atoms with Crippen molar-refractivity contribution in [3.05, 3.63) is 82.9 Å². The second-order valence-corrected chi connectivity index (χ2v) is 8.43. The molecule has 1 heterocycles. The molecule has 1 amide bonds. The van der Waals surface area contributed by atoms with Gasteiger partial charge in [0.25, 0.3) is 5.91 Å². The van der Waals surface area contributed by atoms with Crippen molar-refractivity contribution in [1.82, 2.24) is 4.98 Å². The number of nitrogens with one attached hydrogen (secondary N) is 1. The van der Waals surface area contributed by atoms with Gasteiger partial charge in [-0.25, -0.2) is 4.98 Å². The van der Waals surface area contributed by atoms with Gasteiger partial charge in [0, 0.05) is 21.8 Å². The molecular weight excluding hydrogens is 384 g/mol. The van der Waals surface area contributed by atoms with Crippen LogP contribution in [0.1, 0.15) is 36.7 Å². The van der Waals surface area contributed by atoms with Crippen LogP contribution in [0.25, 0.3) is 22.6 Å². The molecule has 0 aliphatic carbocycles. The number of amides is 1. The van der Waals surface area contributed by atoms with E-state index in [1.807, 2.05) is 18.2 Å². The van der Waals surface area contributed by atoms with Crippen LogP contribution < -0.4 is 5.32 Å². The van der Waals surface area contributed by atoms with Gasteiger partial charge >= 0.3 is 0 Å². The number of oxazole rings is 1. The molecule has 0 radical (unpaired) electrons. The number of aromatic nitrogens is 1. The highest BCUT2D eigenvalue weighted by Crippen LogP contribution is 2.29. The minimum Gasteiger partial charge on any atom is -0.436 e. The van der Waals surface area contributed by atoms with E-state index in [9.17, 15) is 4.79 Å². The number of rotatable bonds is 3. The molecule has 0 fully saturated rings. The van der Waals surface area contributed by atoms with Crippen LogP contribution in [0.4, 0.5) is 5.69 Å². The SMILES string of the molecule is CC(C)(C)c1ccc(-c2nc3cc(NC(=O)c4ccc(Cl)cc4)ccc3o2)cc1. The van der Waals surface area contributed by atoms with Crippen molar-refractivity contribution in [3.8, 4) is 11.5 Å². The third kappa shape index (κ3) is 4.17. The van der Waals surface area contributed by atoms with Crippen LogP contribution in [0.5, 0.6) is 0 Å². The number of halogens is 1. The number of hydrogen-bond acceptors (Lipinski definition) is 3. The molecule has 0 saturated heterocycles. The minimum absolute atomic E-state index is 0.0943. The second-order valence-electron chi connectivity index (χ2n) is 7.99. The van der Waals surface area contributed by atoms with Gasteiger partial charge in [-0.05, 0) is 65.6 Å². The third-order valence-electron chi connectivity index (χ3n) is 4.75. The molecule has 0 bridgehead atoms. The zero-order chi connectivity index (χ0) is 20.6. The Morgan fingerprint density at radius 3 is 2.31 bits per heavy atom. The minimum atomic E-state index is -0.206. The van der Waals surface area contributed by atoms with Gasteiger partial charge in [-0.3, -0.25) is 4.79 Å². The number of fused-ring (bicyclic) bond motifs is 1. The first-order valence-corrected chi connectivity index (χ1v) is 9.76. The van der Waals surface area contributed by atoms with Gasteiger partial charge in [0.05, 0.1) is 0 Å². The van der Waals surface area contributed by atoms with Crippen molar-refractivity contribution in [1.29, 1.82) is 0 Å². The Morgan fingerprint density at radius 1 is 0.966 bits per heavy atom. The van der Waals surface area contributed by atoms with Crippen LogP contribution >= 0.6 is 11.6 Å². The number of hydrogen-bond donors (Lipinski definition) is 1. The van der Waals surface area contributed by atoms with Crippen LogP contribution in [-0.2, 0) is 5.41 Å². The van der Waals surface area contributed by atoms with E-state index in [1.165, 1.54) is 5.56 Å². The molecule has 146 valence electrons. The molecule has 3 aromatic carbocycles. The Bertz CT molecular complexity index is 1170. The van der Waals surface area contributed by atoms with Gasteiger partial charge in [-0.15, -0.1) is 0 Å². The average Bonchev–Trinajstić information content (AvgIpc) is 3.11. The lowest BCUT2D eigenvalue weighted by Crippen LogP contribution is -2.11. The molecule has 0 unspecified atom stereocenters. The molecule has 1 N–H and O–H groups in total. The van der Waals surface area contributed by atoms with Crippen molar-refractivity contribution in [2.75, 3.05) is 5.32 Å². The molecule has 4 rings (SSSR count). The van der Waals surface area contributed by atoms with E-state index < -0.39 is 0 Å². The van der Waals surface area contributed by atoms with Crippen molar-refractivity contribution in [3.63, 3.8) is 0 Å². The summed E-state index contributed by atoms with van der Waals surface area (Å²) in [6.45, 7) is 6.55. The van der Waals surface area contributed by atoms with Crippen molar-refractivity contribution in [2.24, 2.45) is 0 Å². The fourth-order valence-corrected chi connectivity index (χ4v) is 3.17. The van der Waals surface area contributed by atoms with Crippen molar-refractivity contribution < 1.29 is 9.21 Å². The maximum absolute atomic E-state index is 12.4. The Morgan fingerprint density at radius 2 is 1.66 bits per heavy atom. The first-order chi connectivity index (χ1) is 13.8. The van der Waals surface area contributed by atoms with E-state index >= 15 is 0 Å². The first-order valence-electron chi connectivity index (χ1n) is 9.38. The van der Waals surface area contributed by atoms with E-state index in [4.69, 9.17) is 16.0 Å². The third-order valence-corrected chi connectivity index (χ3v) is 5.00. The van der Waals surface area contributed by atoms with Crippen LogP contribution in [0, 0.1) is 0 Å². The number of benzene rings is 3. The fraction of sp³-hybridized carbons (Fsp3) is 0.167. The Hall–Kier alpha value is -3.11. The van der Waals surface area contributed by atoms with Crippen LogP contribution in [0.3, 0.4) is 0 Å². The number of carbonyl (C=O) groups excluding carboxylic acids is 1. The topological polar surface area (TPSA) is 55.1 Å². The lowest BCUT2D eigenvalue weighted by atomic mass is 9.87. The molecule has 4 nitrogen and oxygen atoms in total. The Labute approximate surface area is 174 Å². The van der Waals surface area contributed by atoms with Crippen LogP contribution in [-0.4, -0.2) is 10.9 Å². The summed E-state index contributed by atoms with van der Waals surface area (Å²) >= 11 is 5.88. The van der Waals surface area contributed by atoms with Gasteiger partial charge in [-0.1, -0.05) is 44.5 Å². The zero-order valence-electron chi connectivity index (χ0n) is 16.5. The zero-order valence-corrected chi connectivity index (χ0v) is 17.2. The molecule has 0 atom stereocenters. The summed E-state index contributed by atoms with van der Waals surface area (Å²) in [5.41, 5.74) is 4.81. The molecule has 1 aromatic heterocycles. The molecule has 0 saturated carbocycles. The smallest absolute Gasteiger partial charge is 0.255 e. The quantitative estimate of drug-likeness (QED) is 0.413. The maximum atomic E-state index is 12.4. The Kier molecular flexibility index (Phi) is 4.89. The van der Waals surface area contributed by atoms with Crippen molar-refractivity contribution >= 4 is 34.3 Å². The summed E-state index contributed by atoms with van der Waals surface area (Å²) in [4.78, 5) is 17.0. The predicted octanol–water partition coefficient (Wildman–Crippen LogP) is 6.70. The average molecular weight is 405 g/mol. The molecule has 29 heavy (non-hydrogen) atoms. The summed E-state index contributed by atoms with van der Waals surface area (Å²) in [7, 11) is 0. The normalized spacial score (nSPS) is 11.6. The second kappa shape index (κ2) is 7.37. The van der Waals surface area contributed by atoms with E-state index in [-0.39, 0.29) is 11.3 Å². The molecular formula is C24H21ClN2O2. The highest BCUT2D eigenvalue weighted by molar-refractivity contribution is 6.30. The highest BCUT2D eigenvalue weighted by Gasteiger charge is 2.15. The standard InChI is InChI=1S/C24H21ClN2O2/c1-24(2,3)17-8-4-16(5-9-17)23-27-20-14-19(12-13-21(20)29-23)26-22(28)15-6-10-18(25)11-7-15/h4-14H,1-3H3,(H,26,28).